The van der Waals surface area contributed by atoms with E-state index in [1.807, 2.05) is 25.1 Å². The second kappa shape index (κ2) is 8.15. The van der Waals surface area contributed by atoms with Gasteiger partial charge in [0.05, 0.1) is 22.8 Å². The molecule has 1 aliphatic heterocycles. The number of amides is 1. The molecule has 0 spiro atoms. The summed E-state index contributed by atoms with van der Waals surface area (Å²) in [4.78, 5) is 18.8. The minimum atomic E-state index is -3.66. The van der Waals surface area contributed by atoms with Gasteiger partial charge >= 0.3 is 0 Å². The number of sulfonamides is 1. The molecule has 0 atom stereocenters. The lowest BCUT2D eigenvalue weighted by molar-refractivity contribution is 0.0827. The number of rotatable bonds is 4. The first-order valence-electron chi connectivity index (χ1n) is 10.7. The third-order valence-electron chi connectivity index (χ3n) is 6.17. The van der Waals surface area contributed by atoms with E-state index in [-0.39, 0.29) is 16.8 Å². The van der Waals surface area contributed by atoms with Crippen molar-refractivity contribution < 1.29 is 13.2 Å². The van der Waals surface area contributed by atoms with Crippen LogP contribution in [0.15, 0.2) is 41.3 Å². The zero-order chi connectivity index (χ0) is 23.3. The molecule has 2 aromatic heterocycles. The molecule has 1 amide bonds. The number of imidazole rings is 1. The molecule has 1 aliphatic rings. The number of nitrogens with zero attached hydrogens (tertiary/aromatic N) is 6. The van der Waals surface area contributed by atoms with Gasteiger partial charge in [0, 0.05) is 38.8 Å². The first-order chi connectivity index (χ1) is 15.8. The molecule has 0 N–H and O–H groups in total. The average Bonchev–Trinajstić information content (AvgIpc) is 3.41. The van der Waals surface area contributed by atoms with Crippen molar-refractivity contribution in [2.24, 2.45) is 0 Å². The van der Waals surface area contributed by atoms with Crippen LogP contribution >= 0.6 is 11.7 Å². The van der Waals surface area contributed by atoms with Crippen LogP contribution in [0.5, 0.6) is 0 Å². The average molecular weight is 485 g/mol. The topological polar surface area (TPSA) is 101 Å². The van der Waals surface area contributed by atoms with Crippen LogP contribution in [0, 0.1) is 6.92 Å². The smallest absolute Gasteiger partial charge is 0.253 e. The van der Waals surface area contributed by atoms with Gasteiger partial charge in [-0.25, -0.2) is 13.4 Å². The van der Waals surface area contributed by atoms with Crippen molar-refractivity contribution in [1.29, 1.82) is 0 Å². The summed E-state index contributed by atoms with van der Waals surface area (Å²) in [6, 6.07) is 10.8. The van der Waals surface area contributed by atoms with Crippen molar-refractivity contribution in [2.45, 2.75) is 30.7 Å². The quantitative estimate of drug-likeness (QED) is 0.441. The summed E-state index contributed by atoms with van der Waals surface area (Å²) in [6.45, 7) is 2.78. The lowest BCUT2D eigenvalue weighted by Crippen LogP contribution is -2.39. The Labute approximate surface area is 196 Å². The van der Waals surface area contributed by atoms with Crippen molar-refractivity contribution in [3.05, 3.63) is 47.8 Å². The van der Waals surface area contributed by atoms with Gasteiger partial charge in [-0.15, -0.1) is 0 Å². The van der Waals surface area contributed by atoms with Crippen LogP contribution in [0.4, 0.5) is 0 Å². The number of aromatic nitrogens is 4. The number of aryl methyl sites for hydroxylation is 1. The Bertz CT molecular complexity index is 1470. The molecule has 0 bridgehead atoms. The van der Waals surface area contributed by atoms with Crippen LogP contribution in [0.3, 0.4) is 0 Å². The Balaban J connectivity index is 1.39. The highest BCUT2D eigenvalue weighted by Crippen LogP contribution is 2.32. The predicted molar refractivity (Wildman–Crippen MR) is 127 cm³/mol. The molecule has 0 radical (unpaired) electrons. The molecule has 0 aliphatic carbocycles. The van der Waals surface area contributed by atoms with Gasteiger partial charge in [0.2, 0.25) is 10.0 Å². The second-order valence-corrected chi connectivity index (χ2v) is 10.9. The van der Waals surface area contributed by atoms with Gasteiger partial charge in [0.1, 0.15) is 21.8 Å². The van der Waals surface area contributed by atoms with E-state index < -0.39 is 10.0 Å². The van der Waals surface area contributed by atoms with Crippen molar-refractivity contribution in [2.75, 3.05) is 27.2 Å². The molecular formula is C22H24N6O3S2. The molecule has 11 heteroatoms. The van der Waals surface area contributed by atoms with Crippen LogP contribution in [0.25, 0.3) is 22.1 Å². The van der Waals surface area contributed by atoms with Gasteiger partial charge in [-0.3, -0.25) is 4.79 Å². The van der Waals surface area contributed by atoms with Gasteiger partial charge in [-0.1, -0.05) is 6.07 Å². The van der Waals surface area contributed by atoms with Crippen LogP contribution < -0.4 is 0 Å². The maximum absolute atomic E-state index is 13.3. The van der Waals surface area contributed by atoms with Gasteiger partial charge in [0.15, 0.2) is 0 Å². The van der Waals surface area contributed by atoms with Crippen LogP contribution in [0.2, 0.25) is 0 Å². The molecule has 1 saturated heterocycles. The summed E-state index contributed by atoms with van der Waals surface area (Å²) in [5.74, 6) is 0.798. The summed E-state index contributed by atoms with van der Waals surface area (Å²) < 4.78 is 38.7. The Morgan fingerprint density at radius 2 is 1.85 bits per heavy atom. The first-order valence-corrected chi connectivity index (χ1v) is 12.9. The van der Waals surface area contributed by atoms with Gasteiger partial charge in [-0.2, -0.15) is 13.1 Å². The van der Waals surface area contributed by atoms with Crippen molar-refractivity contribution >= 4 is 49.7 Å². The zero-order valence-electron chi connectivity index (χ0n) is 18.6. The van der Waals surface area contributed by atoms with Gasteiger partial charge < -0.3 is 9.47 Å². The van der Waals surface area contributed by atoms with E-state index in [0.29, 0.717) is 42.5 Å². The standard InChI is InChI=1S/C22H24N6O3S2/c1-14-23-18-13-15(22(29)26(2)3)7-8-19(18)28(14)16-9-11-27(12-10-16)33(30,31)20-6-4-5-17-21(20)25-32-24-17/h4-8,13,16H,9-12H2,1-3H3. The fraction of sp³-hybridized carbons (Fsp3) is 0.364. The molecular weight excluding hydrogens is 460 g/mol. The number of piperidine rings is 1. The Morgan fingerprint density at radius 1 is 1.09 bits per heavy atom. The monoisotopic (exact) mass is 484 g/mol. The summed E-state index contributed by atoms with van der Waals surface area (Å²) in [5, 5.41) is 0. The summed E-state index contributed by atoms with van der Waals surface area (Å²) >= 11 is 1.02. The van der Waals surface area contributed by atoms with Gasteiger partial charge in [-0.05, 0) is 50.1 Å². The highest BCUT2D eigenvalue weighted by molar-refractivity contribution is 7.89. The summed E-state index contributed by atoms with van der Waals surface area (Å²) in [5.41, 5.74) is 3.37. The fourth-order valence-electron chi connectivity index (χ4n) is 4.54. The molecule has 33 heavy (non-hydrogen) atoms. The first kappa shape index (κ1) is 21.9. The van der Waals surface area contributed by atoms with E-state index in [9.17, 15) is 13.2 Å². The third kappa shape index (κ3) is 3.69. The molecule has 4 aromatic rings. The Morgan fingerprint density at radius 3 is 2.58 bits per heavy atom. The van der Waals surface area contributed by atoms with Crippen LogP contribution in [-0.4, -0.2) is 69.0 Å². The highest BCUT2D eigenvalue weighted by Gasteiger charge is 2.32. The normalized spacial score (nSPS) is 16.0. The Hall–Kier alpha value is -2.89. The molecule has 3 heterocycles. The van der Waals surface area contributed by atoms with Crippen LogP contribution in [-0.2, 0) is 10.0 Å². The van der Waals surface area contributed by atoms with E-state index in [2.05, 4.69) is 18.3 Å². The van der Waals surface area contributed by atoms with Crippen molar-refractivity contribution in [3.8, 4) is 0 Å². The summed E-state index contributed by atoms with van der Waals surface area (Å²) in [6.07, 6.45) is 1.35. The lowest BCUT2D eigenvalue weighted by atomic mass is 10.1. The van der Waals surface area contributed by atoms with E-state index >= 15 is 0 Å². The molecule has 9 nitrogen and oxygen atoms in total. The fourth-order valence-corrected chi connectivity index (χ4v) is 6.76. The number of carbonyl (C=O) groups excluding carboxylic acids is 1. The van der Waals surface area contributed by atoms with E-state index in [4.69, 9.17) is 0 Å². The number of hydrogen-bond acceptors (Lipinski definition) is 7. The van der Waals surface area contributed by atoms with Crippen molar-refractivity contribution in [3.63, 3.8) is 0 Å². The molecule has 5 rings (SSSR count). The highest BCUT2D eigenvalue weighted by atomic mass is 32.2. The number of hydrogen-bond donors (Lipinski definition) is 0. The number of carbonyl (C=O) groups is 1. The van der Waals surface area contributed by atoms with Crippen molar-refractivity contribution in [1.82, 2.24) is 27.5 Å². The summed E-state index contributed by atoms with van der Waals surface area (Å²) in [7, 11) is -0.205. The van der Waals surface area contributed by atoms with Crippen LogP contribution in [0.1, 0.15) is 35.1 Å². The molecule has 1 fully saturated rings. The minimum Gasteiger partial charge on any atom is -0.345 e. The zero-order valence-corrected chi connectivity index (χ0v) is 20.2. The van der Waals surface area contributed by atoms with E-state index in [0.717, 1.165) is 28.6 Å². The predicted octanol–water partition coefficient (Wildman–Crippen LogP) is 3.08. The third-order valence-corrected chi connectivity index (χ3v) is 8.65. The largest absolute Gasteiger partial charge is 0.345 e. The lowest BCUT2D eigenvalue weighted by Gasteiger charge is -2.32. The minimum absolute atomic E-state index is 0.0621. The molecule has 2 aromatic carbocycles. The Kier molecular flexibility index (Phi) is 5.42. The maximum atomic E-state index is 13.3. The second-order valence-electron chi connectivity index (χ2n) is 8.46. The van der Waals surface area contributed by atoms with Gasteiger partial charge in [0.25, 0.3) is 5.91 Å². The number of fused-ring (bicyclic) bond motifs is 2. The van der Waals surface area contributed by atoms with E-state index in [1.54, 1.807) is 41.5 Å². The molecule has 0 saturated carbocycles. The SMILES string of the molecule is Cc1nc2cc(C(=O)N(C)C)ccc2n1C1CCN(S(=O)(=O)c2cccc3nsnc23)CC1. The number of benzene rings is 2. The molecule has 172 valence electrons. The molecule has 0 unspecified atom stereocenters. The maximum Gasteiger partial charge on any atom is 0.253 e. The van der Waals surface area contributed by atoms with E-state index in [1.165, 1.54) is 0 Å².